The number of rotatable bonds is 7. The highest BCUT2D eigenvalue weighted by molar-refractivity contribution is 6.36. The van der Waals surface area contributed by atoms with Crippen molar-refractivity contribution < 1.29 is 51.6 Å². The maximum absolute atomic E-state index is 13.5. The summed E-state index contributed by atoms with van der Waals surface area (Å²) in [4.78, 5) is 38.2. The van der Waals surface area contributed by atoms with Crippen LogP contribution in [-0.4, -0.2) is 48.5 Å². The molecule has 3 unspecified atom stereocenters. The first kappa shape index (κ1) is 25.3. The van der Waals surface area contributed by atoms with E-state index in [0.29, 0.717) is 0 Å². The van der Waals surface area contributed by atoms with Gasteiger partial charge in [-0.15, -0.1) is 10.1 Å². The Labute approximate surface area is 187 Å². The maximum atomic E-state index is 13.5. The normalized spacial score (nSPS) is 17.1. The van der Waals surface area contributed by atoms with Gasteiger partial charge in [-0.25, -0.2) is 9.59 Å². The lowest BCUT2D eigenvalue weighted by Crippen LogP contribution is -2.41. The zero-order valence-corrected chi connectivity index (χ0v) is 17.7. The summed E-state index contributed by atoms with van der Waals surface area (Å²) in [6.07, 6.45) is -11.1. The Morgan fingerprint density at radius 2 is 1.91 bits per heavy atom. The summed E-state index contributed by atoms with van der Waals surface area (Å²) in [7, 11) is 0. The number of esters is 1. The summed E-state index contributed by atoms with van der Waals surface area (Å²) in [5, 5.41) is 8.95. The van der Waals surface area contributed by atoms with E-state index in [1.165, 1.54) is 19.1 Å². The van der Waals surface area contributed by atoms with Crippen molar-refractivity contribution in [1.29, 1.82) is 0 Å². The average Bonchev–Trinajstić information content (AvgIpc) is 2.63. The molecule has 176 valence electrons. The molecular weight excluding hydrogens is 490 g/mol. The third-order valence-electron chi connectivity index (χ3n) is 3.64. The predicted molar refractivity (Wildman–Crippen MR) is 100 cm³/mol. The highest BCUT2D eigenvalue weighted by Gasteiger charge is 2.49. The molecule has 1 heterocycles. The molecule has 3 atom stereocenters. The first-order valence-corrected chi connectivity index (χ1v) is 9.33. The Morgan fingerprint density at radius 1 is 1.25 bits per heavy atom. The molecule has 0 fully saturated rings. The first-order valence-electron chi connectivity index (χ1n) is 8.57. The molecule has 0 saturated heterocycles. The molecule has 1 aliphatic rings. The van der Waals surface area contributed by atoms with Crippen LogP contribution in [0.1, 0.15) is 19.4 Å². The fourth-order valence-electron chi connectivity index (χ4n) is 2.42. The zero-order valence-electron chi connectivity index (χ0n) is 16.2. The van der Waals surface area contributed by atoms with Crippen LogP contribution in [0, 0.1) is 10.1 Å². The average molecular weight is 504 g/mol. The van der Waals surface area contributed by atoms with E-state index in [0.717, 1.165) is 13.0 Å². The fraction of sp³-hybridized carbons (Fsp3) is 0.412. The van der Waals surface area contributed by atoms with E-state index < -0.39 is 54.1 Å². The van der Waals surface area contributed by atoms with Crippen LogP contribution in [0.3, 0.4) is 0 Å². The van der Waals surface area contributed by atoms with E-state index in [1.807, 2.05) is 0 Å². The fourth-order valence-corrected chi connectivity index (χ4v) is 2.97. The van der Waals surface area contributed by atoms with Gasteiger partial charge in [0.2, 0.25) is 12.4 Å². The molecule has 0 aliphatic carbocycles. The second-order valence-electron chi connectivity index (χ2n) is 6.24. The molecule has 0 amide bonds. The van der Waals surface area contributed by atoms with Crippen LogP contribution in [0.25, 0.3) is 6.08 Å². The van der Waals surface area contributed by atoms with Crippen molar-refractivity contribution in [3.05, 3.63) is 43.4 Å². The Kier molecular flexibility index (Phi) is 8.02. The second-order valence-corrected chi connectivity index (χ2v) is 7.08. The molecule has 10 nitrogen and oxygen atoms in total. The summed E-state index contributed by atoms with van der Waals surface area (Å²) in [5.74, 6) is -1.83. The molecule has 0 aromatic heterocycles. The summed E-state index contributed by atoms with van der Waals surface area (Å²) in [6.45, 7) is 1.68. The molecule has 0 radical (unpaired) electrons. The van der Waals surface area contributed by atoms with E-state index in [-0.39, 0.29) is 21.4 Å². The SMILES string of the molecule is CC(COC(=O)OC(C)OC(=O)C1=Cc2cc(Cl)cc(Cl)c2OC1C(F)(F)F)O[N+](=O)[O-]. The Morgan fingerprint density at radius 3 is 2.50 bits per heavy atom. The van der Waals surface area contributed by atoms with Crippen molar-refractivity contribution in [3.8, 4) is 5.75 Å². The van der Waals surface area contributed by atoms with Crippen LogP contribution < -0.4 is 4.74 Å². The van der Waals surface area contributed by atoms with Gasteiger partial charge in [-0.2, -0.15) is 13.2 Å². The third kappa shape index (κ3) is 6.79. The van der Waals surface area contributed by atoms with Crippen molar-refractivity contribution in [3.63, 3.8) is 0 Å². The van der Waals surface area contributed by atoms with E-state index in [1.54, 1.807) is 0 Å². The Hall–Kier alpha value is -2.93. The topological polar surface area (TPSA) is 123 Å². The minimum absolute atomic E-state index is 0.00251. The molecule has 0 bridgehead atoms. The van der Waals surface area contributed by atoms with Gasteiger partial charge in [-0.3, -0.25) is 0 Å². The van der Waals surface area contributed by atoms with Crippen LogP contribution in [0.2, 0.25) is 10.0 Å². The van der Waals surface area contributed by atoms with Crippen molar-refractivity contribution >= 4 is 41.4 Å². The van der Waals surface area contributed by atoms with Crippen molar-refractivity contribution in [2.45, 2.75) is 38.5 Å². The number of hydrogen-bond donors (Lipinski definition) is 0. The van der Waals surface area contributed by atoms with Gasteiger partial charge in [-0.05, 0) is 25.1 Å². The second kappa shape index (κ2) is 10.1. The lowest BCUT2D eigenvalue weighted by molar-refractivity contribution is -0.767. The number of carbonyl (C=O) groups excluding carboxylic acids is 2. The highest BCUT2D eigenvalue weighted by Crippen LogP contribution is 2.42. The van der Waals surface area contributed by atoms with E-state index in [2.05, 4.69) is 14.3 Å². The first-order chi connectivity index (χ1) is 14.8. The molecule has 0 N–H and O–H groups in total. The Bertz CT molecular complexity index is 939. The highest BCUT2D eigenvalue weighted by atomic mass is 35.5. The van der Waals surface area contributed by atoms with Gasteiger partial charge >= 0.3 is 18.3 Å². The van der Waals surface area contributed by atoms with E-state index in [4.69, 9.17) is 32.7 Å². The number of nitrogens with zero attached hydrogens (tertiary/aromatic N) is 1. The zero-order chi connectivity index (χ0) is 24.2. The largest absolute Gasteiger partial charge is 0.511 e. The molecule has 1 aromatic carbocycles. The molecular formula is C17H14Cl2F3NO9. The number of alkyl halides is 3. The number of carbonyl (C=O) groups is 2. The summed E-state index contributed by atoms with van der Waals surface area (Å²) in [5.41, 5.74) is -0.942. The van der Waals surface area contributed by atoms with Crippen LogP contribution in [-0.2, 0) is 23.8 Å². The number of halogens is 5. The lowest BCUT2D eigenvalue weighted by atomic mass is 10.0. The number of benzene rings is 1. The van der Waals surface area contributed by atoms with Crippen LogP contribution >= 0.6 is 23.2 Å². The molecule has 2 rings (SSSR count). The van der Waals surface area contributed by atoms with E-state index in [9.17, 15) is 32.9 Å². The Balaban J connectivity index is 2.09. The number of hydrogen-bond acceptors (Lipinski definition) is 9. The standard InChI is InChI=1S/C17H14Cl2F3NO9/c1-7(32-23(26)27)6-28-16(25)30-8(2)29-15(24)11-4-9-3-10(18)5-12(19)13(9)31-14(11)17(20,21)22/h3-5,7-8,14H,6H2,1-2H3. The monoisotopic (exact) mass is 503 g/mol. The molecule has 0 spiro atoms. The van der Waals surface area contributed by atoms with Gasteiger partial charge in [0, 0.05) is 17.5 Å². The minimum atomic E-state index is -5.01. The van der Waals surface area contributed by atoms with Gasteiger partial charge in [-0.1, -0.05) is 23.2 Å². The molecule has 15 heteroatoms. The van der Waals surface area contributed by atoms with Gasteiger partial charge in [0.05, 0.1) is 10.6 Å². The quantitative estimate of drug-likeness (QED) is 0.231. The van der Waals surface area contributed by atoms with Crippen LogP contribution in [0.4, 0.5) is 18.0 Å². The molecule has 1 aliphatic heterocycles. The van der Waals surface area contributed by atoms with Crippen molar-refractivity contribution in [2.75, 3.05) is 6.61 Å². The third-order valence-corrected chi connectivity index (χ3v) is 4.14. The molecule has 0 saturated carbocycles. The van der Waals surface area contributed by atoms with Gasteiger partial charge in [0.1, 0.15) is 18.5 Å². The maximum Gasteiger partial charge on any atom is 0.511 e. The van der Waals surface area contributed by atoms with E-state index >= 15 is 0 Å². The number of fused-ring (bicyclic) bond motifs is 1. The molecule has 32 heavy (non-hydrogen) atoms. The van der Waals surface area contributed by atoms with Gasteiger partial charge < -0.3 is 23.8 Å². The van der Waals surface area contributed by atoms with Gasteiger partial charge in [0.25, 0.3) is 5.09 Å². The lowest BCUT2D eigenvalue weighted by Gasteiger charge is -2.29. The van der Waals surface area contributed by atoms with Gasteiger partial charge in [0.15, 0.2) is 0 Å². The molecule has 1 aromatic rings. The van der Waals surface area contributed by atoms with Crippen LogP contribution in [0.5, 0.6) is 5.75 Å². The summed E-state index contributed by atoms with van der Waals surface area (Å²) >= 11 is 11.7. The van der Waals surface area contributed by atoms with Crippen LogP contribution in [0.15, 0.2) is 17.7 Å². The smallest absolute Gasteiger partial charge is 0.474 e. The number of ether oxygens (including phenoxy) is 4. The van der Waals surface area contributed by atoms with Crippen molar-refractivity contribution in [1.82, 2.24) is 0 Å². The van der Waals surface area contributed by atoms with Crippen molar-refractivity contribution in [2.24, 2.45) is 0 Å². The predicted octanol–water partition coefficient (Wildman–Crippen LogP) is 4.34. The summed E-state index contributed by atoms with van der Waals surface area (Å²) < 4.78 is 59.1. The summed E-state index contributed by atoms with van der Waals surface area (Å²) in [6, 6.07) is 2.40. The minimum Gasteiger partial charge on any atom is -0.474 e.